The first-order valence-corrected chi connectivity index (χ1v) is 12.4. The number of fused-ring (bicyclic) bond motifs is 3. The largest absolute Gasteiger partial charge is 0.336 e. The third-order valence-corrected chi connectivity index (χ3v) is 8.51. The highest BCUT2D eigenvalue weighted by Crippen LogP contribution is 2.37. The zero-order valence-electron chi connectivity index (χ0n) is 18.5. The molecule has 0 unspecified atom stereocenters. The zero-order chi connectivity index (χ0) is 23.3. The van der Waals surface area contributed by atoms with Crippen LogP contribution >= 0.6 is 0 Å². The number of rotatable bonds is 3. The predicted octanol–water partition coefficient (Wildman–Crippen LogP) is 3.66. The second-order valence-electron chi connectivity index (χ2n) is 8.60. The Hall–Kier alpha value is -3.29. The fourth-order valence-corrected chi connectivity index (χ4v) is 6.33. The van der Waals surface area contributed by atoms with Crippen molar-refractivity contribution in [3.8, 4) is 11.1 Å². The molecule has 33 heavy (non-hydrogen) atoms. The highest BCUT2D eigenvalue weighted by atomic mass is 32.2. The second-order valence-corrected chi connectivity index (χ2v) is 10.5. The number of nitrogens with zero attached hydrogens (tertiary/aromatic N) is 2. The standard InChI is InChI=1S/C26H24N2O4S/c1-17-7-10-24(18(2)15-17)33(31,32)28-13-11-27(12-14-28)26(30)19-8-9-21-20-5-3-4-6-22(20)25(29)23(21)16-19/h3-10,15-16H,11-14H2,1-2H3. The summed E-state index contributed by atoms with van der Waals surface area (Å²) in [6, 6.07) is 18.0. The highest BCUT2D eigenvalue weighted by Gasteiger charge is 2.32. The van der Waals surface area contributed by atoms with Crippen LogP contribution in [0.25, 0.3) is 11.1 Å². The predicted molar refractivity (Wildman–Crippen MR) is 126 cm³/mol. The van der Waals surface area contributed by atoms with Crippen molar-refractivity contribution in [1.29, 1.82) is 0 Å². The summed E-state index contributed by atoms with van der Waals surface area (Å²) in [4.78, 5) is 27.9. The van der Waals surface area contributed by atoms with E-state index < -0.39 is 10.0 Å². The summed E-state index contributed by atoms with van der Waals surface area (Å²) in [6.07, 6.45) is 0. The molecule has 1 saturated heterocycles. The summed E-state index contributed by atoms with van der Waals surface area (Å²) in [5.74, 6) is -0.259. The maximum absolute atomic E-state index is 13.1. The molecule has 3 aromatic rings. The van der Waals surface area contributed by atoms with Crippen LogP contribution in [0.4, 0.5) is 0 Å². The number of carbonyl (C=O) groups is 2. The first-order chi connectivity index (χ1) is 15.8. The molecule has 0 saturated carbocycles. The fourth-order valence-electron chi connectivity index (χ4n) is 4.70. The van der Waals surface area contributed by atoms with Gasteiger partial charge in [-0.15, -0.1) is 0 Å². The van der Waals surface area contributed by atoms with Crippen LogP contribution < -0.4 is 0 Å². The quantitative estimate of drug-likeness (QED) is 0.468. The lowest BCUT2D eigenvalue weighted by Gasteiger charge is -2.34. The molecular formula is C26H24N2O4S. The lowest BCUT2D eigenvalue weighted by molar-refractivity contribution is 0.0698. The van der Waals surface area contributed by atoms with Gasteiger partial charge in [0.2, 0.25) is 10.0 Å². The van der Waals surface area contributed by atoms with E-state index in [1.54, 1.807) is 42.2 Å². The van der Waals surface area contributed by atoms with Crippen LogP contribution in [0.15, 0.2) is 65.6 Å². The van der Waals surface area contributed by atoms with Crippen LogP contribution in [0.2, 0.25) is 0 Å². The van der Waals surface area contributed by atoms with Crippen molar-refractivity contribution in [2.45, 2.75) is 18.7 Å². The maximum Gasteiger partial charge on any atom is 0.253 e. The van der Waals surface area contributed by atoms with Crippen LogP contribution in [-0.2, 0) is 10.0 Å². The van der Waals surface area contributed by atoms with Gasteiger partial charge in [0, 0.05) is 42.9 Å². The van der Waals surface area contributed by atoms with Gasteiger partial charge in [-0.2, -0.15) is 4.31 Å². The van der Waals surface area contributed by atoms with E-state index in [1.165, 1.54) is 4.31 Å². The first-order valence-electron chi connectivity index (χ1n) is 10.9. The van der Waals surface area contributed by atoms with E-state index in [2.05, 4.69) is 0 Å². The van der Waals surface area contributed by atoms with Gasteiger partial charge >= 0.3 is 0 Å². The number of aryl methyl sites for hydroxylation is 2. The van der Waals surface area contributed by atoms with Gasteiger partial charge in [0.25, 0.3) is 5.91 Å². The number of benzene rings is 3. The lowest BCUT2D eigenvalue weighted by Crippen LogP contribution is -2.50. The second kappa shape index (κ2) is 7.93. The van der Waals surface area contributed by atoms with Gasteiger partial charge in [-0.25, -0.2) is 8.42 Å². The molecule has 5 rings (SSSR count). The lowest BCUT2D eigenvalue weighted by atomic mass is 10.0. The summed E-state index contributed by atoms with van der Waals surface area (Å²) < 4.78 is 27.7. The summed E-state index contributed by atoms with van der Waals surface area (Å²) in [7, 11) is -3.62. The van der Waals surface area contributed by atoms with Crippen molar-refractivity contribution in [1.82, 2.24) is 9.21 Å². The van der Waals surface area contributed by atoms with Crippen molar-refractivity contribution >= 4 is 21.7 Å². The molecular weight excluding hydrogens is 436 g/mol. The molecule has 7 heteroatoms. The molecule has 0 atom stereocenters. The summed E-state index contributed by atoms with van der Waals surface area (Å²) >= 11 is 0. The number of ketones is 1. The van der Waals surface area contributed by atoms with Crippen molar-refractivity contribution in [2.75, 3.05) is 26.2 Å². The average Bonchev–Trinajstić information content (AvgIpc) is 3.10. The van der Waals surface area contributed by atoms with E-state index in [0.29, 0.717) is 34.7 Å². The van der Waals surface area contributed by atoms with E-state index in [4.69, 9.17) is 0 Å². The molecule has 0 radical (unpaired) electrons. The van der Waals surface area contributed by atoms with E-state index in [9.17, 15) is 18.0 Å². The van der Waals surface area contributed by atoms with Crippen LogP contribution in [0.3, 0.4) is 0 Å². The minimum atomic E-state index is -3.62. The Morgan fingerprint density at radius 1 is 0.788 bits per heavy atom. The first kappa shape index (κ1) is 21.6. The molecule has 1 amide bonds. The van der Waals surface area contributed by atoms with Crippen molar-refractivity contribution in [2.24, 2.45) is 0 Å². The fraction of sp³-hybridized carbons (Fsp3) is 0.231. The van der Waals surface area contributed by atoms with Crippen molar-refractivity contribution in [3.05, 3.63) is 88.5 Å². The van der Waals surface area contributed by atoms with Crippen LogP contribution in [0, 0.1) is 13.8 Å². The molecule has 6 nitrogen and oxygen atoms in total. The average molecular weight is 461 g/mol. The Morgan fingerprint density at radius 2 is 1.45 bits per heavy atom. The SMILES string of the molecule is Cc1ccc(S(=O)(=O)N2CCN(C(=O)c3ccc4c(c3)C(=O)c3ccccc3-4)CC2)c(C)c1. The normalized spacial score (nSPS) is 15.9. The molecule has 1 heterocycles. The molecule has 3 aromatic carbocycles. The van der Waals surface area contributed by atoms with Gasteiger partial charge in [-0.1, -0.05) is 48.0 Å². The molecule has 1 fully saturated rings. The summed E-state index contributed by atoms with van der Waals surface area (Å²) in [5.41, 5.74) is 5.11. The van der Waals surface area contributed by atoms with Crippen LogP contribution in [0.5, 0.6) is 0 Å². The minimum absolute atomic E-state index is 0.0698. The molecule has 0 bridgehead atoms. The number of carbonyl (C=O) groups excluding carboxylic acids is 2. The van der Waals surface area contributed by atoms with Gasteiger partial charge in [0.05, 0.1) is 4.90 Å². The minimum Gasteiger partial charge on any atom is -0.336 e. The molecule has 0 N–H and O–H groups in total. The molecule has 1 aliphatic carbocycles. The van der Waals surface area contributed by atoms with Crippen LogP contribution in [-0.4, -0.2) is 55.5 Å². The summed E-state index contributed by atoms with van der Waals surface area (Å²) in [5, 5.41) is 0. The van der Waals surface area contributed by atoms with E-state index >= 15 is 0 Å². The Kier molecular flexibility index (Phi) is 5.18. The van der Waals surface area contributed by atoms with Crippen molar-refractivity contribution < 1.29 is 18.0 Å². The number of hydrogen-bond donors (Lipinski definition) is 0. The van der Waals surface area contributed by atoms with Gasteiger partial charge in [0.1, 0.15) is 0 Å². The van der Waals surface area contributed by atoms with Crippen LogP contribution in [0.1, 0.15) is 37.4 Å². The van der Waals surface area contributed by atoms with E-state index in [-0.39, 0.29) is 24.8 Å². The van der Waals surface area contributed by atoms with Gasteiger partial charge in [-0.3, -0.25) is 9.59 Å². The van der Waals surface area contributed by atoms with Crippen molar-refractivity contribution in [3.63, 3.8) is 0 Å². The Balaban J connectivity index is 1.32. The Morgan fingerprint density at radius 3 is 2.15 bits per heavy atom. The topological polar surface area (TPSA) is 74.8 Å². The van der Waals surface area contributed by atoms with E-state index in [1.807, 2.05) is 37.3 Å². The number of piperazine rings is 1. The smallest absolute Gasteiger partial charge is 0.253 e. The monoisotopic (exact) mass is 460 g/mol. The third kappa shape index (κ3) is 3.57. The number of amides is 1. The molecule has 0 spiro atoms. The summed E-state index contributed by atoms with van der Waals surface area (Å²) in [6.45, 7) is 4.79. The number of sulfonamides is 1. The van der Waals surface area contributed by atoms with Gasteiger partial charge in [0.15, 0.2) is 5.78 Å². The molecule has 1 aliphatic heterocycles. The zero-order valence-corrected chi connectivity index (χ0v) is 19.4. The third-order valence-electron chi connectivity index (χ3n) is 6.45. The van der Waals surface area contributed by atoms with Gasteiger partial charge in [-0.05, 0) is 48.7 Å². The molecule has 2 aliphatic rings. The highest BCUT2D eigenvalue weighted by molar-refractivity contribution is 7.89. The Labute approximate surface area is 193 Å². The number of hydrogen-bond acceptors (Lipinski definition) is 4. The Bertz CT molecular complexity index is 1400. The van der Waals surface area contributed by atoms with Gasteiger partial charge < -0.3 is 4.90 Å². The van der Waals surface area contributed by atoms with E-state index in [0.717, 1.165) is 22.3 Å². The molecule has 168 valence electrons. The maximum atomic E-state index is 13.1. The molecule has 0 aromatic heterocycles.